The molecule has 1 aromatic carbocycles. The maximum atomic E-state index is 11.8. The van der Waals surface area contributed by atoms with E-state index in [2.05, 4.69) is 0 Å². The second kappa shape index (κ2) is 4.70. The van der Waals surface area contributed by atoms with Crippen molar-refractivity contribution in [2.24, 2.45) is 0 Å². The van der Waals surface area contributed by atoms with E-state index in [9.17, 15) is 9.59 Å². The van der Waals surface area contributed by atoms with Crippen molar-refractivity contribution in [3.63, 3.8) is 0 Å². The topological polar surface area (TPSA) is 37.4 Å². The molecule has 0 unspecified atom stereocenters. The van der Waals surface area contributed by atoms with E-state index in [1.807, 2.05) is 30.0 Å². The molecule has 0 saturated heterocycles. The minimum Gasteiger partial charge on any atom is -0.312 e. The maximum Gasteiger partial charge on any atom is 0.226 e. The van der Waals surface area contributed by atoms with E-state index >= 15 is 0 Å². The molecule has 1 aliphatic rings. The Hall–Kier alpha value is -1.64. The van der Waals surface area contributed by atoms with Gasteiger partial charge in [-0.2, -0.15) is 0 Å². The first-order chi connectivity index (χ1) is 8.13. The Kier molecular flexibility index (Phi) is 3.27. The predicted octanol–water partition coefficient (Wildman–Crippen LogP) is 2.58. The summed E-state index contributed by atoms with van der Waals surface area (Å²) in [5.41, 5.74) is 2.83. The Labute approximate surface area is 101 Å². The Bertz CT molecular complexity index is 465. The standard InChI is InChI=1S/C14H17NO2/c1-3-14(17)15-8-4-5-12-9-11(10(2)16)6-7-13(12)15/h6-7,9H,3-5,8H2,1-2H3. The number of carbonyl (C=O) groups is 2. The number of nitrogens with zero attached hydrogens (tertiary/aromatic N) is 1. The smallest absolute Gasteiger partial charge is 0.226 e. The normalized spacial score (nSPS) is 14.4. The summed E-state index contributed by atoms with van der Waals surface area (Å²) in [6, 6.07) is 5.63. The molecule has 0 saturated carbocycles. The molecule has 90 valence electrons. The number of fused-ring (bicyclic) bond motifs is 1. The molecule has 17 heavy (non-hydrogen) atoms. The first kappa shape index (κ1) is 11.8. The molecule has 0 bridgehead atoms. The number of Topliss-reactive ketones (excluding diaryl/α,β-unsaturated/α-hetero) is 1. The second-order valence-electron chi connectivity index (χ2n) is 4.40. The average Bonchev–Trinajstić information content (AvgIpc) is 2.36. The van der Waals surface area contributed by atoms with Gasteiger partial charge in [-0.25, -0.2) is 0 Å². The molecule has 0 spiro atoms. The van der Waals surface area contributed by atoms with E-state index in [-0.39, 0.29) is 11.7 Å². The third-order valence-corrected chi connectivity index (χ3v) is 3.21. The number of rotatable bonds is 2. The van der Waals surface area contributed by atoms with Gasteiger partial charge in [-0.05, 0) is 43.5 Å². The lowest BCUT2D eigenvalue weighted by molar-refractivity contribution is -0.118. The van der Waals surface area contributed by atoms with Crippen LogP contribution in [0.5, 0.6) is 0 Å². The Morgan fingerprint density at radius 2 is 2.12 bits per heavy atom. The lowest BCUT2D eigenvalue weighted by Crippen LogP contribution is -2.34. The van der Waals surface area contributed by atoms with Gasteiger partial charge >= 0.3 is 0 Å². The van der Waals surface area contributed by atoms with Crippen molar-refractivity contribution >= 4 is 17.4 Å². The van der Waals surface area contributed by atoms with Gasteiger partial charge in [0.05, 0.1) is 0 Å². The maximum absolute atomic E-state index is 11.8. The summed E-state index contributed by atoms with van der Waals surface area (Å²) in [5.74, 6) is 0.230. The van der Waals surface area contributed by atoms with Gasteiger partial charge in [-0.3, -0.25) is 9.59 Å². The molecule has 3 heteroatoms. The van der Waals surface area contributed by atoms with Gasteiger partial charge < -0.3 is 4.90 Å². The number of ketones is 1. The molecule has 0 radical (unpaired) electrons. The molecular formula is C14H17NO2. The van der Waals surface area contributed by atoms with E-state index in [1.54, 1.807) is 6.92 Å². The Morgan fingerprint density at radius 3 is 2.76 bits per heavy atom. The largest absolute Gasteiger partial charge is 0.312 e. The number of hydrogen-bond acceptors (Lipinski definition) is 2. The lowest BCUT2D eigenvalue weighted by atomic mass is 9.98. The summed E-state index contributed by atoms with van der Waals surface area (Å²) in [6.07, 6.45) is 2.44. The van der Waals surface area contributed by atoms with Crippen LogP contribution >= 0.6 is 0 Å². The molecule has 1 aromatic rings. The van der Waals surface area contributed by atoms with E-state index < -0.39 is 0 Å². The predicted molar refractivity (Wildman–Crippen MR) is 67.4 cm³/mol. The highest BCUT2D eigenvalue weighted by Crippen LogP contribution is 2.28. The fourth-order valence-electron chi connectivity index (χ4n) is 2.27. The number of hydrogen-bond donors (Lipinski definition) is 0. The number of amides is 1. The Balaban J connectivity index is 2.40. The average molecular weight is 231 g/mol. The van der Waals surface area contributed by atoms with Crippen LogP contribution < -0.4 is 4.90 Å². The van der Waals surface area contributed by atoms with E-state index in [0.29, 0.717) is 6.42 Å². The summed E-state index contributed by atoms with van der Waals surface area (Å²) in [6.45, 7) is 4.24. The van der Waals surface area contributed by atoms with Crippen molar-refractivity contribution < 1.29 is 9.59 Å². The molecule has 0 atom stereocenters. The van der Waals surface area contributed by atoms with Crippen molar-refractivity contribution in [1.29, 1.82) is 0 Å². The minimum atomic E-state index is 0.0757. The number of carbonyl (C=O) groups excluding carboxylic acids is 2. The molecule has 0 aromatic heterocycles. The quantitative estimate of drug-likeness (QED) is 0.734. The SMILES string of the molecule is CCC(=O)N1CCCc2cc(C(C)=O)ccc21. The molecule has 1 heterocycles. The molecule has 0 N–H and O–H groups in total. The van der Waals surface area contributed by atoms with Crippen LogP contribution in [0.2, 0.25) is 0 Å². The first-order valence-electron chi connectivity index (χ1n) is 6.07. The molecular weight excluding hydrogens is 214 g/mol. The molecule has 1 amide bonds. The van der Waals surface area contributed by atoms with Crippen LogP contribution in [-0.2, 0) is 11.2 Å². The van der Waals surface area contributed by atoms with Crippen molar-refractivity contribution in [1.82, 2.24) is 0 Å². The first-order valence-corrected chi connectivity index (χ1v) is 6.07. The highest BCUT2D eigenvalue weighted by molar-refractivity contribution is 5.97. The summed E-state index contributed by atoms with van der Waals surface area (Å²) >= 11 is 0. The van der Waals surface area contributed by atoms with Crippen LogP contribution in [0.25, 0.3) is 0 Å². The molecule has 1 aliphatic heterocycles. The summed E-state index contributed by atoms with van der Waals surface area (Å²) < 4.78 is 0. The Morgan fingerprint density at radius 1 is 1.35 bits per heavy atom. The van der Waals surface area contributed by atoms with Gasteiger partial charge in [0.2, 0.25) is 5.91 Å². The number of anilines is 1. The minimum absolute atomic E-state index is 0.0757. The van der Waals surface area contributed by atoms with Gasteiger partial charge in [-0.1, -0.05) is 6.92 Å². The van der Waals surface area contributed by atoms with Gasteiger partial charge in [-0.15, -0.1) is 0 Å². The van der Waals surface area contributed by atoms with Gasteiger partial charge in [0.1, 0.15) is 0 Å². The van der Waals surface area contributed by atoms with Crippen molar-refractivity contribution in [3.05, 3.63) is 29.3 Å². The van der Waals surface area contributed by atoms with Crippen molar-refractivity contribution in [2.45, 2.75) is 33.1 Å². The van der Waals surface area contributed by atoms with E-state index in [4.69, 9.17) is 0 Å². The van der Waals surface area contributed by atoms with Crippen molar-refractivity contribution in [2.75, 3.05) is 11.4 Å². The highest BCUT2D eigenvalue weighted by Gasteiger charge is 2.21. The van der Waals surface area contributed by atoms with Gasteiger partial charge in [0.25, 0.3) is 0 Å². The number of benzene rings is 1. The summed E-state index contributed by atoms with van der Waals surface area (Å²) in [5, 5.41) is 0. The van der Waals surface area contributed by atoms with Gasteiger partial charge in [0.15, 0.2) is 5.78 Å². The number of aryl methyl sites for hydroxylation is 1. The van der Waals surface area contributed by atoms with Gasteiger partial charge in [0, 0.05) is 24.2 Å². The highest BCUT2D eigenvalue weighted by atomic mass is 16.2. The fraction of sp³-hybridized carbons (Fsp3) is 0.429. The zero-order valence-corrected chi connectivity index (χ0v) is 10.3. The summed E-state index contributed by atoms with van der Waals surface area (Å²) in [7, 11) is 0. The van der Waals surface area contributed by atoms with Crippen LogP contribution in [0.15, 0.2) is 18.2 Å². The third-order valence-electron chi connectivity index (χ3n) is 3.21. The second-order valence-corrected chi connectivity index (χ2v) is 4.40. The zero-order valence-electron chi connectivity index (χ0n) is 10.3. The molecule has 2 rings (SSSR count). The van der Waals surface area contributed by atoms with Crippen LogP contribution in [0.1, 0.15) is 42.6 Å². The third kappa shape index (κ3) is 2.23. The fourth-order valence-corrected chi connectivity index (χ4v) is 2.27. The molecule has 0 fully saturated rings. The van der Waals surface area contributed by atoms with Crippen LogP contribution in [0, 0.1) is 0 Å². The summed E-state index contributed by atoms with van der Waals surface area (Å²) in [4.78, 5) is 25.0. The van der Waals surface area contributed by atoms with E-state index in [1.165, 1.54) is 0 Å². The zero-order chi connectivity index (χ0) is 12.4. The van der Waals surface area contributed by atoms with Crippen LogP contribution in [0.4, 0.5) is 5.69 Å². The molecule has 3 nitrogen and oxygen atoms in total. The van der Waals surface area contributed by atoms with Crippen molar-refractivity contribution in [3.8, 4) is 0 Å². The molecule has 0 aliphatic carbocycles. The van der Waals surface area contributed by atoms with Crippen LogP contribution in [0.3, 0.4) is 0 Å². The van der Waals surface area contributed by atoms with Crippen LogP contribution in [-0.4, -0.2) is 18.2 Å². The monoisotopic (exact) mass is 231 g/mol. The van der Waals surface area contributed by atoms with E-state index in [0.717, 1.165) is 36.2 Å². The lowest BCUT2D eigenvalue weighted by Gasteiger charge is -2.29.